The summed E-state index contributed by atoms with van der Waals surface area (Å²) in [4.78, 5) is 1.96. The Bertz CT molecular complexity index is 1190. The van der Waals surface area contributed by atoms with Crippen LogP contribution >= 0.6 is 0 Å². The van der Waals surface area contributed by atoms with Gasteiger partial charge < -0.3 is 18.6 Å². The van der Waals surface area contributed by atoms with Gasteiger partial charge in [0, 0.05) is 12.1 Å². The van der Waals surface area contributed by atoms with Crippen LogP contribution in [0.15, 0.2) is 54.6 Å². The van der Waals surface area contributed by atoms with Crippen molar-refractivity contribution in [2.24, 2.45) is 0 Å². The fraction of sp³-hybridized carbons (Fsp3) is 0.273. The van der Waals surface area contributed by atoms with E-state index in [0.717, 1.165) is 0 Å². The van der Waals surface area contributed by atoms with Crippen molar-refractivity contribution < 1.29 is 35.2 Å². The second-order valence-electron chi connectivity index (χ2n) is 7.19. The second-order valence-corrected chi connectivity index (χ2v) is 8.72. The van der Waals surface area contributed by atoms with Crippen LogP contribution in [0.5, 0.6) is 17.2 Å². The smallest absolute Gasteiger partial charge is 0.497 e. The highest BCUT2D eigenvalue weighted by molar-refractivity contribution is 7.88. The highest BCUT2D eigenvalue weighted by atomic mass is 32.2. The minimum absolute atomic E-state index is 0.206. The first-order valence-electron chi connectivity index (χ1n) is 9.51. The molecule has 6 nitrogen and oxygen atoms in total. The van der Waals surface area contributed by atoms with Crippen LogP contribution in [-0.4, -0.2) is 53.2 Å². The summed E-state index contributed by atoms with van der Waals surface area (Å²) in [6, 6.07) is 14.2. The van der Waals surface area contributed by atoms with E-state index in [1.165, 1.54) is 19.2 Å². The van der Waals surface area contributed by atoms with Crippen LogP contribution < -0.4 is 13.7 Å². The van der Waals surface area contributed by atoms with E-state index in [9.17, 15) is 21.6 Å². The Kier molecular flexibility index (Phi) is 6.85. The Hall–Kier alpha value is -2.98. The Morgan fingerprint density at radius 1 is 0.938 bits per heavy atom. The first-order valence-corrected chi connectivity index (χ1v) is 10.9. The average Bonchev–Trinajstić information content (AvgIpc) is 2.72. The summed E-state index contributed by atoms with van der Waals surface area (Å²) in [6.07, 6.45) is 0. The number of hydrogen-bond acceptors (Lipinski definition) is 6. The lowest BCUT2D eigenvalue weighted by Gasteiger charge is -2.16. The molecule has 0 aliphatic heterocycles. The van der Waals surface area contributed by atoms with Crippen LogP contribution in [0.25, 0.3) is 21.9 Å². The normalized spacial score (nSPS) is 12.2. The molecule has 0 spiro atoms. The monoisotopic (exact) mass is 469 g/mol. The van der Waals surface area contributed by atoms with Crippen molar-refractivity contribution in [3.63, 3.8) is 0 Å². The molecule has 172 valence electrons. The molecule has 0 aliphatic carbocycles. The maximum absolute atomic E-state index is 12.9. The predicted molar refractivity (Wildman–Crippen MR) is 116 cm³/mol. The number of halogens is 3. The molecule has 0 saturated heterocycles. The second kappa shape index (κ2) is 9.25. The summed E-state index contributed by atoms with van der Waals surface area (Å²) in [7, 11) is -0.524. The van der Waals surface area contributed by atoms with Crippen molar-refractivity contribution in [3.8, 4) is 28.4 Å². The standard InChI is InChI=1S/C22H22F3NO5S/c1-26(2)12-13-30-17-7-4-15(5-8-17)21-19-10-9-18(29-3)14-16(19)6-11-20(21)31-32(27,28)22(23,24)25/h4-11,14H,12-13H2,1-3H3. The molecule has 3 aromatic carbocycles. The molecule has 3 rings (SSSR count). The Morgan fingerprint density at radius 2 is 1.59 bits per heavy atom. The maximum atomic E-state index is 12.9. The van der Waals surface area contributed by atoms with E-state index in [-0.39, 0.29) is 5.56 Å². The van der Waals surface area contributed by atoms with Gasteiger partial charge in [-0.3, -0.25) is 0 Å². The lowest BCUT2D eigenvalue weighted by molar-refractivity contribution is -0.0499. The lowest BCUT2D eigenvalue weighted by Crippen LogP contribution is -2.28. The Morgan fingerprint density at radius 3 is 2.19 bits per heavy atom. The SMILES string of the molecule is COc1ccc2c(-c3ccc(OCCN(C)C)cc3)c(OS(=O)(=O)C(F)(F)F)ccc2c1. The molecule has 0 heterocycles. The summed E-state index contributed by atoms with van der Waals surface area (Å²) in [5.74, 6) is 0.689. The number of hydrogen-bond donors (Lipinski definition) is 0. The van der Waals surface area contributed by atoms with Crippen molar-refractivity contribution in [2.75, 3.05) is 34.4 Å². The Labute approximate surface area is 184 Å². The zero-order valence-corrected chi connectivity index (χ0v) is 18.5. The van der Waals surface area contributed by atoms with Crippen molar-refractivity contribution in [1.29, 1.82) is 0 Å². The van der Waals surface area contributed by atoms with E-state index in [2.05, 4.69) is 4.18 Å². The number of likely N-dealkylation sites (N-methyl/N-ethyl adjacent to an activating group) is 1. The quantitative estimate of drug-likeness (QED) is 0.353. The zero-order valence-electron chi connectivity index (χ0n) is 17.6. The van der Waals surface area contributed by atoms with Gasteiger partial charge in [0.1, 0.15) is 18.1 Å². The van der Waals surface area contributed by atoms with Gasteiger partial charge in [-0.05, 0) is 66.8 Å². The third-order valence-electron chi connectivity index (χ3n) is 4.62. The molecule has 0 bridgehead atoms. The fourth-order valence-corrected chi connectivity index (χ4v) is 3.48. The Balaban J connectivity index is 2.08. The number of fused-ring (bicyclic) bond motifs is 1. The van der Waals surface area contributed by atoms with Gasteiger partial charge in [-0.15, -0.1) is 0 Å². The van der Waals surface area contributed by atoms with Gasteiger partial charge in [0.2, 0.25) is 0 Å². The third-order valence-corrected chi connectivity index (χ3v) is 5.59. The number of benzene rings is 3. The zero-order chi connectivity index (χ0) is 23.5. The predicted octanol–water partition coefficient (Wildman–Crippen LogP) is 4.68. The van der Waals surface area contributed by atoms with Crippen molar-refractivity contribution in [2.45, 2.75) is 5.51 Å². The van der Waals surface area contributed by atoms with Crippen LogP contribution in [0.4, 0.5) is 13.2 Å². The molecule has 3 aromatic rings. The first-order chi connectivity index (χ1) is 15.0. The molecule has 0 fully saturated rings. The summed E-state index contributed by atoms with van der Waals surface area (Å²) in [5.41, 5.74) is -4.88. The van der Waals surface area contributed by atoms with Crippen LogP contribution in [-0.2, 0) is 10.1 Å². The minimum Gasteiger partial charge on any atom is -0.497 e. The van der Waals surface area contributed by atoms with E-state index in [1.54, 1.807) is 42.5 Å². The molecular formula is C22H22F3NO5S. The van der Waals surface area contributed by atoms with E-state index < -0.39 is 21.4 Å². The third kappa shape index (κ3) is 5.25. The van der Waals surface area contributed by atoms with E-state index in [0.29, 0.717) is 41.0 Å². The molecule has 0 radical (unpaired) electrons. The van der Waals surface area contributed by atoms with Crippen LogP contribution in [0.2, 0.25) is 0 Å². The summed E-state index contributed by atoms with van der Waals surface area (Å²) < 4.78 is 77.6. The highest BCUT2D eigenvalue weighted by Crippen LogP contribution is 2.41. The van der Waals surface area contributed by atoms with Gasteiger partial charge in [0.25, 0.3) is 0 Å². The van der Waals surface area contributed by atoms with E-state index in [4.69, 9.17) is 9.47 Å². The molecule has 0 saturated carbocycles. The topological polar surface area (TPSA) is 65.1 Å². The first kappa shape index (κ1) is 23.7. The maximum Gasteiger partial charge on any atom is 0.534 e. The highest BCUT2D eigenvalue weighted by Gasteiger charge is 2.48. The lowest BCUT2D eigenvalue weighted by atomic mass is 9.97. The molecule has 0 amide bonds. The van der Waals surface area contributed by atoms with Gasteiger partial charge in [-0.2, -0.15) is 21.6 Å². The van der Waals surface area contributed by atoms with Gasteiger partial charge in [0.15, 0.2) is 5.75 Å². The van der Waals surface area contributed by atoms with Crippen molar-refractivity contribution in [1.82, 2.24) is 4.90 Å². The summed E-state index contributed by atoms with van der Waals surface area (Å²) >= 11 is 0. The van der Waals surface area contributed by atoms with Crippen LogP contribution in [0.1, 0.15) is 0 Å². The number of ether oxygens (including phenoxy) is 2. The van der Waals surface area contributed by atoms with E-state index >= 15 is 0 Å². The van der Waals surface area contributed by atoms with Crippen molar-refractivity contribution >= 4 is 20.9 Å². The summed E-state index contributed by atoms with van der Waals surface area (Å²) in [5, 5.41) is 1.14. The van der Waals surface area contributed by atoms with Gasteiger partial charge in [0.05, 0.1) is 7.11 Å². The van der Waals surface area contributed by atoms with Gasteiger partial charge in [-0.25, -0.2) is 0 Å². The molecule has 0 aliphatic rings. The van der Waals surface area contributed by atoms with Gasteiger partial charge >= 0.3 is 15.6 Å². The van der Waals surface area contributed by atoms with Gasteiger partial charge in [-0.1, -0.05) is 18.2 Å². The molecule has 0 aromatic heterocycles. The minimum atomic E-state index is -5.85. The average molecular weight is 469 g/mol. The number of alkyl halides is 3. The van der Waals surface area contributed by atoms with Crippen LogP contribution in [0.3, 0.4) is 0 Å². The molecule has 0 N–H and O–H groups in total. The molecule has 0 atom stereocenters. The number of methoxy groups -OCH3 is 1. The largest absolute Gasteiger partial charge is 0.534 e. The van der Waals surface area contributed by atoms with Crippen molar-refractivity contribution in [3.05, 3.63) is 54.6 Å². The molecule has 10 heteroatoms. The summed E-state index contributed by atoms with van der Waals surface area (Å²) in [6.45, 7) is 1.17. The molecular weight excluding hydrogens is 447 g/mol. The number of nitrogens with zero attached hydrogens (tertiary/aromatic N) is 1. The van der Waals surface area contributed by atoms with E-state index in [1.807, 2.05) is 19.0 Å². The van der Waals surface area contributed by atoms with Crippen LogP contribution in [0, 0.1) is 0 Å². The fourth-order valence-electron chi connectivity index (χ4n) is 3.01. The molecule has 32 heavy (non-hydrogen) atoms. The molecule has 0 unspecified atom stereocenters. The number of rotatable bonds is 8.